The molecule has 2 heteroatoms. The van der Waals surface area contributed by atoms with E-state index in [4.69, 9.17) is 4.74 Å². The zero-order valence-electron chi connectivity index (χ0n) is 10.7. The first-order valence-corrected chi connectivity index (χ1v) is 7.97. The van der Waals surface area contributed by atoms with Gasteiger partial charge in [0.05, 0.1) is 12.2 Å². The lowest BCUT2D eigenvalue weighted by Gasteiger charge is -2.40. The van der Waals surface area contributed by atoms with Gasteiger partial charge >= 0.3 is 0 Å². The third kappa shape index (κ3) is 3.22. The van der Waals surface area contributed by atoms with Crippen LogP contribution in [0.3, 0.4) is 0 Å². The molecule has 0 spiro atoms. The smallest absolute Gasteiger partial charge is 0.0779 e. The van der Waals surface area contributed by atoms with Crippen LogP contribution in [0.15, 0.2) is 0 Å². The van der Waals surface area contributed by atoms with Gasteiger partial charge in [-0.1, -0.05) is 29.8 Å². The molecular formula is C14H25BrO. The first-order chi connectivity index (χ1) is 7.65. The molecule has 2 aliphatic rings. The minimum Gasteiger partial charge on any atom is -0.374 e. The molecule has 0 aromatic heterocycles. The average Bonchev–Trinajstić information content (AvgIpc) is 3.11. The molecule has 16 heavy (non-hydrogen) atoms. The van der Waals surface area contributed by atoms with Crippen molar-refractivity contribution in [2.45, 2.75) is 58.0 Å². The van der Waals surface area contributed by atoms with Gasteiger partial charge in [-0.05, 0) is 56.3 Å². The number of ether oxygens (including phenoxy) is 1. The van der Waals surface area contributed by atoms with Crippen LogP contribution in [0.2, 0.25) is 0 Å². The molecule has 0 N–H and O–H groups in total. The number of hydrogen-bond donors (Lipinski definition) is 0. The molecule has 0 amide bonds. The summed E-state index contributed by atoms with van der Waals surface area (Å²) in [6, 6.07) is 0. The van der Waals surface area contributed by atoms with Crippen LogP contribution in [0.5, 0.6) is 0 Å². The summed E-state index contributed by atoms with van der Waals surface area (Å²) in [6.45, 7) is 5.73. The molecule has 94 valence electrons. The Kier molecular flexibility index (Phi) is 4.34. The Labute approximate surface area is 108 Å². The zero-order valence-corrected chi connectivity index (χ0v) is 12.3. The number of hydrogen-bond acceptors (Lipinski definition) is 1. The van der Waals surface area contributed by atoms with Crippen LogP contribution in [0.1, 0.15) is 52.4 Å². The maximum atomic E-state index is 6.22. The molecule has 2 saturated carbocycles. The van der Waals surface area contributed by atoms with E-state index < -0.39 is 0 Å². The maximum Gasteiger partial charge on any atom is 0.0779 e. The third-order valence-corrected chi connectivity index (χ3v) is 5.47. The molecule has 0 bridgehead atoms. The lowest BCUT2D eigenvalue weighted by atomic mass is 9.75. The number of alkyl halides is 1. The lowest BCUT2D eigenvalue weighted by molar-refractivity contribution is -0.0675. The van der Waals surface area contributed by atoms with Gasteiger partial charge in [0.1, 0.15) is 0 Å². The van der Waals surface area contributed by atoms with E-state index in [1.807, 2.05) is 0 Å². The van der Waals surface area contributed by atoms with Crippen LogP contribution in [0.4, 0.5) is 0 Å². The molecule has 2 aliphatic carbocycles. The van der Waals surface area contributed by atoms with Crippen molar-refractivity contribution in [3.8, 4) is 0 Å². The molecule has 0 heterocycles. The Morgan fingerprint density at radius 3 is 2.25 bits per heavy atom. The second-order valence-corrected chi connectivity index (χ2v) is 6.71. The largest absolute Gasteiger partial charge is 0.374 e. The summed E-state index contributed by atoms with van der Waals surface area (Å²) in [7, 11) is 0. The van der Waals surface area contributed by atoms with E-state index in [0.29, 0.717) is 0 Å². The van der Waals surface area contributed by atoms with Gasteiger partial charge in [-0.25, -0.2) is 0 Å². The van der Waals surface area contributed by atoms with Crippen molar-refractivity contribution in [3.05, 3.63) is 0 Å². The monoisotopic (exact) mass is 288 g/mol. The molecule has 1 nitrogen and oxygen atoms in total. The SMILES string of the molecule is CC(C)C1CCC(CBr)(OCC2CC2)CC1. The Morgan fingerprint density at radius 2 is 1.81 bits per heavy atom. The maximum absolute atomic E-state index is 6.22. The molecule has 0 saturated heterocycles. The Balaban J connectivity index is 1.81. The average molecular weight is 289 g/mol. The van der Waals surface area contributed by atoms with Crippen molar-refractivity contribution in [1.82, 2.24) is 0 Å². The van der Waals surface area contributed by atoms with E-state index >= 15 is 0 Å². The molecule has 0 unspecified atom stereocenters. The molecule has 2 fully saturated rings. The molecule has 0 atom stereocenters. The van der Waals surface area contributed by atoms with Crippen LogP contribution in [0, 0.1) is 17.8 Å². The minimum atomic E-state index is 0.175. The topological polar surface area (TPSA) is 9.23 Å². The van der Waals surface area contributed by atoms with Crippen molar-refractivity contribution in [2.24, 2.45) is 17.8 Å². The summed E-state index contributed by atoms with van der Waals surface area (Å²) in [5.74, 6) is 2.66. The van der Waals surface area contributed by atoms with Gasteiger partial charge in [0.25, 0.3) is 0 Å². The van der Waals surface area contributed by atoms with Crippen molar-refractivity contribution in [3.63, 3.8) is 0 Å². The van der Waals surface area contributed by atoms with Crippen LogP contribution >= 0.6 is 15.9 Å². The van der Waals surface area contributed by atoms with E-state index in [0.717, 1.165) is 29.7 Å². The van der Waals surface area contributed by atoms with Gasteiger partial charge in [0.2, 0.25) is 0 Å². The van der Waals surface area contributed by atoms with Crippen LogP contribution in [0.25, 0.3) is 0 Å². The van der Waals surface area contributed by atoms with Gasteiger partial charge in [0, 0.05) is 5.33 Å². The summed E-state index contributed by atoms with van der Waals surface area (Å²) in [4.78, 5) is 0. The van der Waals surface area contributed by atoms with Crippen molar-refractivity contribution < 1.29 is 4.74 Å². The highest BCUT2D eigenvalue weighted by Crippen LogP contribution is 2.40. The fourth-order valence-corrected chi connectivity index (χ4v) is 3.45. The molecule has 0 aromatic rings. The summed E-state index contributed by atoms with van der Waals surface area (Å²) in [5.41, 5.74) is 0.175. The van der Waals surface area contributed by atoms with E-state index in [-0.39, 0.29) is 5.60 Å². The predicted octanol–water partition coefficient (Wildman–Crippen LogP) is 4.39. The quantitative estimate of drug-likeness (QED) is 0.682. The molecule has 0 aromatic carbocycles. The molecule has 2 rings (SSSR count). The summed E-state index contributed by atoms with van der Waals surface area (Å²) in [5, 5.41) is 1.03. The van der Waals surface area contributed by atoms with Crippen LogP contribution < -0.4 is 0 Å². The Morgan fingerprint density at radius 1 is 1.19 bits per heavy atom. The molecule has 0 radical (unpaired) electrons. The van der Waals surface area contributed by atoms with Crippen molar-refractivity contribution >= 4 is 15.9 Å². The highest BCUT2D eigenvalue weighted by Gasteiger charge is 2.37. The van der Waals surface area contributed by atoms with Gasteiger partial charge in [-0.2, -0.15) is 0 Å². The van der Waals surface area contributed by atoms with E-state index in [2.05, 4.69) is 29.8 Å². The predicted molar refractivity (Wildman–Crippen MR) is 72.0 cm³/mol. The summed E-state index contributed by atoms with van der Waals surface area (Å²) >= 11 is 3.67. The first kappa shape index (κ1) is 12.9. The van der Waals surface area contributed by atoms with Crippen LogP contribution in [-0.2, 0) is 4.74 Å². The summed E-state index contributed by atoms with van der Waals surface area (Å²) < 4.78 is 6.22. The fourth-order valence-electron chi connectivity index (χ4n) is 2.73. The standard InChI is InChI=1S/C14H25BrO/c1-11(2)13-5-7-14(10-15,8-6-13)16-9-12-3-4-12/h11-13H,3-10H2,1-2H3. The number of rotatable bonds is 5. The fraction of sp³-hybridized carbons (Fsp3) is 1.00. The molecular weight excluding hydrogens is 264 g/mol. The second kappa shape index (κ2) is 5.39. The van der Waals surface area contributed by atoms with Gasteiger partial charge in [0.15, 0.2) is 0 Å². The van der Waals surface area contributed by atoms with Crippen molar-refractivity contribution in [2.75, 3.05) is 11.9 Å². The number of halogens is 1. The second-order valence-electron chi connectivity index (χ2n) is 6.15. The third-order valence-electron chi connectivity index (χ3n) is 4.45. The van der Waals surface area contributed by atoms with E-state index in [1.54, 1.807) is 0 Å². The summed E-state index contributed by atoms with van der Waals surface area (Å²) in [6.07, 6.45) is 8.02. The van der Waals surface area contributed by atoms with Gasteiger partial charge < -0.3 is 4.74 Å². The van der Waals surface area contributed by atoms with Gasteiger partial charge in [-0.15, -0.1) is 0 Å². The molecule has 0 aliphatic heterocycles. The van der Waals surface area contributed by atoms with E-state index in [1.165, 1.54) is 38.5 Å². The first-order valence-electron chi connectivity index (χ1n) is 6.85. The minimum absolute atomic E-state index is 0.175. The Hall–Kier alpha value is 0.440. The van der Waals surface area contributed by atoms with Crippen LogP contribution in [-0.4, -0.2) is 17.5 Å². The van der Waals surface area contributed by atoms with E-state index in [9.17, 15) is 0 Å². The lowest BCUT2D eigenvalue weighted by Crippen LogP contribution is -2.40. The van der Waals surface area contributed by atoms with Gasteiger partial charge in [-0.3, -0.25) is 0 Å². The zero-order chi connectivity index (χ0) is 11.6. The van der Waals surface area contributed by atoms with Crippen molar-refractivity contribution in [1.29, 1.82) is 0 Å². The highest BCUT2D eigenvalue weighted by molar-refractivity contribution is 9.09. The Bertz CT molecular complexity index is 215. The normalized spacial score (nSPS) is 35.6. The highest BCUT2D eigenvalue weighted by atomic mass is 79.9.